The number of nitrogens with zero attached hydrogens (tertiary/aromatic N) is 2. The molecule has 1 heterocycles. The maximum absolute atomic E-state index is 6.22. The van der Waals surface area contributed by atoms with Crippen molar-refractivity contribution in [2.45, 2.75) is 45.1 Å². The van der Waals surface area contributed by atoms with E-state index in [1.807, 2.05) is 6.92 Å². The highest BCUT2D eigenvalue weighted by Crippen LogP contribution is 2.29. The molecule has 3 heteroatoms. The molecule has 0 radical (unpaired) electrons. The van der Waals surface area contributed by atoms with Gasteiger partial charge in [0.1, 0.15) is 6.33 Å². The van der Waals surface area contributed by atoms with Crippen LogP contribution in [0.1, 0.15) is 43.6 Å². The van der Waals surface area contributed by atoms with E-state index in [1.54, 1.807) is 6.33 Å². The van der Waals surface area contributed by atoms with Crippen molar-refractivity contribution in [2.75, 3.05) is 0 Å². The normalized spacial score (nSPS) is 19.1. The minimum Gasteiger partial charge on any atom is -0.320 e. The number of nitrogens with two attached hydrogens (primary N) is 1. The zero-order valence-electron chi connectivity index (χ0n) is 8.88. The summed E-state index contributed by atoms with van der Waals surface area (Å²) in [6.45, 7) is 4.15. The van der Waals surface area contributed by atoms with E-state index in [0.29, 0.717) is 0 Å². The van der Waals surface area contributed by atoms with Gasteiger partial charge in [-0.15, -0.1) is 0 Å². The summed E-state index contributed by atoms with van der Waals surface area (Å²) in [5.74, 6) is 0. The zero-order valence-corrected chi connectivity index (χ0v) is 8.88. The van der Waals surface area contributed by atoms with Crippen LogP contribution in [-0.2, 0) is 18.4 Å². The average molecular weight is 191 g/mol. The number of fused-ring (bicyclic) bond motifs is 1. The fraction of sp³-hybridized carbons (Fsp3) is 0.636. The number of aromatic nitrogens is 2. The van der Waals surface area contributed by atoms with Crippen molar-refractivity contribution in [2.24, 2.45) is 5.73 Å². The second-order valence-electron chi connectivity index (χ2n) is 4.27. The van der Waals surface area contributed by atoms with Crippen molar-refractivity contribution < 1.29 is 0 Å². The largest absolute Gasteiger partial charge is 0.320 e. The SMILES string of the molecule is CCC(C)(N)c1ncnc2c1CCC2. The van der Waals surface area contributed by atoms with Gasteiger partial charge in [0.05, 0.1) is 11.2 Å². The Morgan fingerprint density at radius 1 is 1.43 bits per heavy atom. The molecule has 0 amide bonds. The molecule has 1 aromatic heterocycles. The molecule has 0 saturated heterocycles. The standard InChI is InChI=1S/C11H17N3/c1-3-11(2,12)10-8-5-4-6-9(8)13-7-14-10/h7H,3-6,12H2,1-2H3. The summed E-state index contributed by atoms with van der Waals surface area (Å²) in [5.41, 5.74) is 9.50. The van der Waals surface area contributed by atoms with Crippen molar-refractivity contribution in [3.05, 3.63) is 23.3 Å². The lowest BCUT2D eigenvalue weighted by molar-refractivity contribution is 0.456. The summed E-state index contributed by atoms with van der Waals surface area (Å²) in [4.78, 5) is 8.66. The molecule has 1 aromatic rings. The number of rotatable bonds is 2. The van der Waals surface area contributed by atoms with E-state index >= 15 is 0 Å². The Labute approximate surface area is 84.8 Å². The summed E-state index contributed by atoms with van der Waals surface area (Å²) in [6, 6.07) is 0. The lowest BCUT2D eigenvalue weighted by Gasteiger charge is -2.24. The van der Waals surface area contributed by atoms with Gasteiger partial charge in [-0.3, -0.25) is 0 Å². The summed E-state index contributed by atoms with van der Waals surface area (Å²) in [6.07, 6.45) is 5.94. The molecule has 0 aliphatic heterocycles. The molecule has 2 rings (SSSR count). The van der Waals surface area contributed by atoms with Gasteiger partial charge in [0.15, 0.2) is 0 Å². The Balaban J connectivity index is 2.49. The third kappa shape index (κ3) is 1.42. The molecular weight excluding hydrogens is 174 g/mol. The fourth-order valence-corrected chi connectivity index (χ4v) is 2.02. The van der Waals surface area contributed by atoms with Gasteiger partial charge in [0.25, 0.3) is 0 Å². The highest BCUT2D eigenvalue weighted by molar-refractivity contribution is 5.33. The second kappa shape index (κ2) is 3.31. The minimum atomic E-state index is -0.294. The van der Waals surface area contributed by atoms with Gasteiger partial charge >= 0.3 is 0 Å². The Bertz CT molecular complexity index is 344. The number of hydrogen-bond acceptors (Lipinski definition) is 3. The Hall–Kier alpha value is -0.960. The molecule has 0 fully saturated rings. The lowest BCUT2D eigenvalue weighted by Crippen LogP contribution is -2.34. The van der Waals surface area contributed by atoms with Gasteiger partial charge in [0, 0.05) is 5.69 Å². The van der Waals surface area contributed by atoms with Crippen LogP contribution in [0.15, 0.2) is 6.33 Å². The van der Waals surface area contributed by atoms with Gasteiger partial charge < -0.3 is 5.73 Å². The second-order valence-corrected chi connectivity index (χ2v) is 4.27. The predicted molar refractivity (Wildman–Crippen MR) is 55.9 cm³/mol. The van der Waals surface area contributed by atoms with Gasteiger partial charge in [-0.2, -0.15) is 0 Å². The van der Waals surface area contributed by atoms with Crippen molar-refractivity contribution in [1.29, 1.82) is 0 Å². The molecule has 1 unspecified atom stereocenters. The van der Waals surface area contributed by atoms with Crippen LogP contribution in [0.3, 0.4) is 0 Å². The molecule has 0 saturated carbocycles. The quantitative estimate of drug-likeness (QED) is 0.771. The van der Waals surface area contributed by atoms with Gasteiger partial charge in [-0.1, -0.05) is 6.92 Å². The molecular formula is C11H17N3. The molecule has 1 aliphatic rings. The van der Waals surface area contributed by atoms with Gasteiger partial charge in [-0.05, 0) is 38.2 Å². The van der Waals surface area contributed by atoms with Crippen molar-refractivity contribution in [1.82, 2.24) is 9.97 Å². The maximum atomic E-state index is 6.22. The van der Waals surface area contributed by atoms with Gasteiger partial charge in [-0.25, -0.2) is 9.97 Å². The van der Waals surface area contributed by atoms with Crippen LogP contribution in [0.5, 0.6) is 0 Å². The van der Waals surface area contributed by atoms with Crippen LogP contribution in [0.4, 0.5) is 0 Å². The molecule has 0 spiro atoms. The first-order valence-electron chi connectivity index (χ1n) is 5.27. The van der Waals surface area contributed by atoms with Crippen molar-refractivity contribution >= 4 is 0 Å². The monoisotopic (exact) mass is 191 g/mol. The van der Waals surface area contributed by atoms with Crippen LogP contribution in [-0.4, -0.2) is 9.97 Å². The summed E-state index contributed by atoms with van der Waals surface area (Å²) < 4.78 is 0. The highest BCUT2D eigenvalue weighted by atomic mass is 14.9. The van der Waals surface area contributed by atoms with E-state index in [2.05, 4.69) is 16.9 Å². The first-order valence-corrected chi connectivity index (χ1v) is 5.27. The number of hydrogen-bond donors (Lipinski definition) is 1. The first-order chi connectivity index (χ1) is 6.65. The van der Waals surface area contributed by atoms with Crippen molar-refractivity contribution in [3.8, 4) is 0 Å². The molecule has 1 atom stereocenters. The molecule has 2 N–H and O–H groups in total. The van der Waals surface area contributed by atoms with Gasteiger partial charge in [0.2, 0.25) is 0 Å². The summed E-state index contributed by atoms with van der Waals surface area (Å²) in [7, 11) is 0. The third-order valence-corrected chi connectivity index (χ3v) is 3.15. The van der Waals surface area contributed by atoms with E-state index in [9.17, 15) is 0 Å². The Morgan fingerprint density at radius 2 is 2.21 bits per heavy atom. The first kappa shape index (κ1) is 9.59. The molecule has 76 valence electrons. The van der Waals surface area contributed by atoms with E-state index in [4.69, 9.17) is 5.73 Å². The smallest absolute Gasteiger partial charge is 0.116 e. The predicted octanol–water partition coefficient (Wildman–Crippen LogP) is 1.55. The van der Waals surface area contributed by atoms with Crippen LogP contribution >= 0.6 is 0 Å². The van der Waals surface area contributed by atoms with E-state index < -0.39 is 0 Å². The van der Waals surface area contributed by atoms with E-state index in [-0.39, 0.29) is 5.54 Å². The maximum Gasteiger partial charge on any atom is 0.116 e. The van der Waals surface area contributed by atoms with Crippen LogP contribution < -0.4 is 5.73 Å². The zero-order chi connectivity index (χ0) is 10.2. The summed E-state index contributed by atoms with van der Waals surface area (Å²) in [5, 5.41) is 0. The van der Waals surface area contributed by atoms with Crippen molar-refractivity contribution in [3.63, 3.8) is 0 Å². The van der Waals surface area contributed by atoms with Crippen LogP contribution in [0, 0.1) is 0 Å². The Morgan fingerprint density at radius 3 is 2.93 bits per heavy atom. The van der Waals surface area contributed by atoms with E-state index in [0.717, 1.165) is 25.0 Å². The summed E-state index contributed by atoms with van der Waals surface area (Å²) >= 11 is 0. The highest BCUT2D eigenvalue weighted by Gasteiger charge is 2.27. The fourth-order valence-electron chi connectivity index (χ4n) is 2.02. The lowest BCUT2D eigenvalue weighted by atomic mass is 9.91. The topological polar surface area (TPSA) is 51.8 Å². The Kier molecular flexibility index (Phi) is 2.27. The number of aryl methyl sites for hydroxylation is 1. The average Bonchev–Trinajstić information content (AvgIpc) is 2.64. The minimum absolute atomic E-state index is 0.294. The van der Waals surface area contributed by atoms with Crippen LogP contribution in [0.2, 0.25) is 0 Å². The molecule has 0 bridgehead atoms. The third-order valence-electron chi connectivity index (χ3n) is 3.15. The molecule has 3 nitrogen and oxygen atoms in total. The molecule has 0 aromatic carbocycles. The molecule has 14 heavy (non-hydrogen) atoms. The molecule has 1 aliphatic carbocycles. The van der Waals surface area contributed by atoms with E-state index in [1.165, 1.54) is 17.7 Å². The van der Waals surface area contributed by atoms with Crippen LogP contribution in [0.25, 0.3) is 0 Å².